The molecule has 0 radical (unpaired) electrons. The zero-order valence-corrected chi connectivity index (χ0v) is 18.2. The summed E-state index contributed by atoms with van der Waals surface area (Å²) in [6.07, 6.45) is 9.34. The molecule has 1 aliphatic rings. The fourth-order valence-electron chi connectivity index (χ4n) is 4.33. The Morgan fingerprint density at radius 2 is 2.00 bits per heavy atom. The number of amides is 1. The Hall–Kier alpha value is -3.35. The number of carbonyl (C=O) groups excluding carboxylic acids is 1. The summed E-state index contributed by atoms with van der Waals surface area (Å²) in [5.74, 6) is 2.48. The maximum absolute atomic E-state index is 13.4. The van der Waals surface area contributed by atoms with Crippen molar-refractivity contribution in [1.29, 1.82) is 0 Å². The summed E-state index contributed by atoms with van der Waals surface area (Å²) < 4.78 is 13.1. The van der Waals surface area contributed by atoms with E-state index in [1.807, 2.05) is 41.6 Å². The van der Waals surface area contributed by atoms with E-state index in [1.165, 1.54) is 5.56 Å². The van der Waals surface area contributed by atoms with E-state index in [0.29, 0.717) is 31.0 Å². The maximum Gasteiger partial charge on any atom is 0.225 e. The molecule has 7 nitrogen and oxygen atoms in total. The first-order valence-electron chi connectivity index (χ1n) is 10.6. The van der Waals surface area contributed by atoms with Gasteiger partial charge in [0.05, 0.1) is 20.3 Å². The van der Waals surface area contributed by atoms with Crippen LogP contribution in [0, 0.1) is 0 Å². The zero-order chi connectivity index (χ0) is 21.8. The van der Waals surface area contributed by atoms with Gasteiger partial charge in [0.15, 0.2) is 11.5 Å². The van der Waals surface area contributed by atoms with Gasteiger partial charge in [0.25, 0.3) is 0 Å². The fraction of sp³-hybridized carbons (Fsp3) is 0.375. The van der Waals surface area contributed by atoms with E-state index in [0.717, 1.165) is 29.8 Å². The van der Waals surface area contributed by atoms with Gasteiger partial charge >= 0.3 is 0 Å². The number of aryl methyl sites for hydroxylation is 2. The molecule has 0 saturated heterocycles. The van der Waals surface area contributed by atoms with Crippen molar-refractivity contribution in [2.24, 2.45) is 0 Å². The number of ether oxygens (including phenoxy) is 2. The molecule has 3 aromatic rings. The molecule has 162 valence electrons. The average molecular weight is 421 g/mol. The minimum Gasteiger partial charge on any atom is -0.493 e. The first kappa shape index (κ1) is 20.9. The number of pyridine rings is 1. The number of methoxy groups -OCH3 is 2. The quantitative estimate of drug-likeness (QED) is 0.586. The van der Waals surface area contributed by atoms with E-state index in [4.69, 9.17) is 9.47 Å². The van der Waals surface area contributed by atoms with Gasteiger partial charge in [-0.15, -0.1) is 0 Å². The fourth-order valence-corrected chi connectivity index (χ4v) is 4.33. The van der Waals surface area contributed by atoms with Crippen molar-refractivity contribution >= 4 is 5.91 Å². The van der Waals surface area contributed by atoms with Crippen LogP contribution >= 0.6 is 0 Å². The van der Waals surface area contributed by atoms with Crippen molar-refractivity contribution in [3.63, 3.8) is 0 Å². The monoisotopic (exact) mass is 420 g/mol. The van der Waals surface area contributed by atoms with Gasteiger partial charge in [0.2, 0.25) is 5.91 Å². The smallest absolute Gasteiger partial charge is 0.225 e. The van der Waals surface area contributed by atoms with E-state index in [1.54, 1.807) is 26.6 Å². The molecule has 4 rings (SSSR count). The molecule has 1 aromatic carbocycles. The van der Waals surface area contributed by atoms with Crippen molar-refractivity contribution in [2.45, 2.75) is 38.8 Å². The van der Waals surface area contributed by atoms with Gasteiger partial charge in [-0.3, -0.25) is 9.78 Å². The van der Waals surface area contributed by atoms with E-state index in [9.17, 15) is 4.79 Å². The van der Waals surface area contributed by atoms with Gasteiger partial charge in [-0.05, 0) is 41.3 Å². The molecule has 0 bridgehead atoms. The van der Waals surface area contributed by atoms with Crippen LogP contribution in [-0.4, -0.2) is 46.1 Å². The standard InChI is InChI=1S/C24H28N4O3/c1-4-22-26-10-13-27(22)11-8-23(29)28-12-7-17-14-20(30-2)21(31-3)15-19(17)24(28)18-6-5-9-25-16-18/h5-6,9-10,13-16,24H,4,7-8,11-12H2,1-3H3. The summed E-state index contributed by atoms with van der Waals surface area (Å²) in [7, 11) is 3.27. The zero-order valence-electron chi connectivity index (χ0n) is 18.2. The highest BCUT2D eigenvalue weighted by molar-refractivity contribution is 5.78. The number of hydrogen-bond acceptors (Lipinski definition) is 5. The first-order valence-corrected chi connectivity index (χ1v) is 10.6. The summed E-state index contributed by atoms with van der Waals surface area (Å²) in [6.45, 7) is 3.34. The third-order valence-corrected chi connectivity index (χ3v) is 5.88. The molecular formula is C24H28N4O3. The highest BCUT2D eigenvalue weighted by atomic mass is 16.5. The van der Waals surface area contributed by atoms with Gasteiger partial charge < -0.3 is 18.9 Å². The summed E-state index contributed by atoms with van der Waals surface area (Å²) in [5.41, 5.74) is 3.21. The molecule has 1 unspecified atom stereocenters. The number of benzene rings is 1. The van der Waals surface area contributed by atoms with Gasteiger partial charge in [0.1, 0.15) is 5.82 Å². The third kappa shape index (κ3) is 4.13. The Bertz CT molecular complexity index is 1050. The highest BCUT2D eigenvalue weighted by Gasteiger charge is 2.33. The number of imidazole rings is 1. The van der Waals surface area contributed by atoms with Crippen molar-refractivity contribution < 1.29 is 14.3 Å². The largest absolute Gasteiger partial charge is 0.493 e. The normalized spacial score (nSPS) is 15.5. The second-order valence-electron chi connectivity index (χ2n) is 7.57. The Balaban J connectivity index is 1.67. The number of hydrogen-bond donors (Lipinski definition) is 0. The van der Waals surface area contributed by atoms with Crippen LogP contribution < -0.4 is 9.47 Å². The molecule has 1 atom stereocenters. The van der Waals surface area contributed by atoms with Gasteiger partial charge in [-0.25, -0.2) is 4.98 Å². The Kier molecular flexibility index (Phi) is 6.21. The van der Waals surface area contributed by atoms with Crippen LogP contribution in [0.3, 0.4) is 0 Å². The lowest BCUT2D eigenvalue weighted by molar-refractivity contribution is -0.133. The summed E-state index contributed by atoms with van der Waals surface area (Å²) >= 11 is 0. The number of fused-ring (bicyclic) bond motifs is 1. The lowest BCUT2D eigenvalue weighted by atomic mass is 9.88. The van der Waals surface area contributed by atoms with Crippen LogP contribution in [0.25, 0.3) is 0 Å². The SMILES string of the molecule is CCc1nccn1CCC(=O)N1CCc2cc(OC)c(OC)cc2C1c1cccnc1. The molecule has 0 saturated carbocycles. The van der Waals surface area contributed by atoms with E-state index in [2.05, 4.69) is 21.5 Å². The van der Waals surface area contributed by atoms with E-state index >= 15 is 0 Å². The summed E-state index contributed by atoms with van der Waals surface area (Å²) in [5, 5.41) is 0. The van der Waals surface area contributed by atoms with Crippen LogP contribution in [0.15, 0.2) is 49.1 Å². The molecule has 1 amide bonds. The van der Waals surface area contributed by atoms with E-state index in [-0.39, 0.29) is 11.9 Å². The minimum atomic E-state index is -0.210. The number of aromatic nitrogens is 3. The van der Waals surface area contributed by atoms with Crippen LogP contribution in [-0.2, 0) is 24.2 Å². The molecule has 7 heteroatoms. The van der Waals surface area contributed by atoms with Crippen LogP contribution in [0.5, 0.6) is 11.5 Å². The molecule has 1 aliphatic heterocycles. The van der Waals surface area contributed by atoms with E-state index < -0.39 is 0 Å². The molecule has 0 fully saturated rings. The number of rotatable bonds is 7. The molecule has 3 heterocycles. The average Bonchev–Trinajstić information content (AvgIpc) is 3.29. The van der Waals surface area contributed by atoms with Gasteiger partial charge in [0, 0.05) is 50.7 Å². The van der Waals surface area contributed by atoms with Crippen LogP contribution in [0.1, 0.15) is 41.9 Å². The summed E-state index contributed by atoms with van der Waals surface area (Å²) in [6, 6.07) is 7.74. The van der Waals surface area contributed by atoms with Gasteiger partial charge in [-0.1, -0.05) is 13.0 Å². The van der Waals surface area contributed by atoms with Crippen LogP contribution in [0.2, 0.25) is 0 Å². The molecule has 0 aliphatic carbocycles. The number of carbonyl (C=O) groups is 1. The maximum atomic E-state index is 13.4. The first-order chi connectivity index (χ1) is 15.2. The predicted octanol–water partition coefficient (Wildman–Crippen LogP) is 3.42. The Morgan fingerprint density at radius 1 is 1.19 bits per heavy atom. The molecule has 2 aromatic heterocycles. The minimum absolute atomic E-state index is 0.116. The van der Waals surface area contributed by atoms with Crippen LogP contribution in [0.4, 0.5) is 0 Å². The summed E-state index contributed by atoms with van der Waals surface area (Å²) in [4.78, 5) is 24.0. The predicted molar refractivity (Wildman–Crippen MR) is 117 cm³/mol. The Morgan fingerprint density at radius 3 is 2.71 bits per heavy atom. The molecule has 31 heavy (non-hydrogen) atoms. The Labute approximate surface area is 182 Å². The third-order valence-electron chi connectivity index (χ3n) is 5.88. The molecule has 0 N–H and O–H groups in total. The van der Waals surface area contributed by atoms with Crippen molar-refractivity contribution in [2.75, 3.05) is 20.8 Å². The number of nitrogens with zero attached hydrogens (tertiary/aromatic N) is 4. The van der Waals surface area contributed by atoms with Crippen molar-refractivity contribution in [1.82, 2.24) is 19.4 Å². The lowest BCUT2D eigenvalue weighted by Crippen LogP contribution is -2.41. The lowest BCUT2D eigenvalue weighted by Gasteiger charge is -2.38. The highest BCUT2D eigenvalue weighted by Crippen LogP contribution is 2.41. The second-order valence-corrected chi connectivity index (χ2v) is 7.57. The molecule has 0 spiro atoms. The van der Waals surface area contributed by atoms with Gasteiger partial charge in [-0.2, -0.15) is 0 Å². The van der Waals surface area contributed by atoms with Crippen molar-refractivity contribution in [3.8, 4) is 11.5 Å². The topological polar surface area (TPSA) is 69.5 Å². The van der Waals surface area contributed by atoms with Crippen molar-refractivity contribution in [3.05, 3.63) is 71.6 Å². The second kappa shape index (κ2) is 9.20. The molecular weight excluding hydrogens is 392 g/mol.